The van der Waals surface area contributed by atoms with Gasteiger partial charge in [-0.25, -0.2) is 0 Å². The summed E-state index contributed by atoms with van der Waals surface area (Å²) in [6.07, 6.45) is 4.18. The maximum absolute atomic E-state index is 4.84. The summed E-state index contributed by atoms with van der Waals surface area (Å²) in [4.78, 5) is 4.84. The second-order valence-electron chi connectivity index (χ2n) is 4.46. The number of nitrogens with zero attached hydrogens (tertiary/aromatic N) is 1. The van der Waals surface area contributed by atoms with E-state index >= 15 is 0 Å². The Hall–Kier alpha value is -2.15. The van der Waals surface area contributed by atoms with Crippen molar-refractivity contribution in [1.29, 1.82) is 0 Å². The van der Waals surface area contributed by atoms with Gasteiger partial charge in [0.1, 0.15) is 0 Å². The molecular formula is C18H19N. The van der Waals surface area contributed by atoms with Crippen molar-refractivity contribution in [2.75, 3.05) is 0 Å². The minimum atomic E-state index is 0.0893. The Labute approximate surface area is 115 Å². The Balaban J connectivity index is 2.31. The van der Waals surface area contributed by atoms with Crippen molar-refractivity contribution in [2.24, 2.45) is 4.99 Å². The number of hydrogen-bond donors (Lipinski definition) is 0. The lowest BCUT2D eigenvalue weighted by Gasteiger charge is -2.10. The summed E-state index contributed by atoms with van der Waals surface area (Å²) in [5.74, 6) is 0. The van der Waals surface area contributed by atoms with Gasteiger partial charge in [0.05, 0.1) is 6.04 Å². The monoisotopic (exact) mass is 249 g/mol. The zero-order chi connectivity index (χ0) is 13.5. The van der Waals surface area contributed by atoms with Crippen LogP contribution >= 0.6 is 0 Å². The van der Waals surface area contributed by atoms with Crippen LogP contribution in [0, 0.1) is 0 Å². The zero-order valence-corrected chi connectivity index (χ0v) is 11.5. The quantitative estimate of drug-likeness (QED) is 0.544. The first kappa shape index (κ1) is 13.3. The van der Waals surface area contributed by atoms with Crippen molar-refractivity contribution in [3.8, 4) is 0 Å². The van der Waals surface area contributed by atoms with Crippen molar-refractivity contribution in [3.05, 3.63) is 83.9 Å². The van der Waals surface area contributed by atoms with E-state index in [1.165, 1.54) is 11.1 Å². The van der Waals surface area contributed by atoms with Gasteiger partial charge in [0.25, 0.3) is 0 Å². The lowest BCUT2D eigenvalue weighted by Crippen LogP contribution is -1.99. The van der Waals surface area contributed by atoms with Crippen LogP contribution in [-0.4, -0.2) is 5.71 Å². The lowest BCUT2D eigenvalue weighted by atomic mass is 10.1. The maximum Gasteiger partial charge on any atom is 0.0933 e. The average Bonchev–Trinajstić information content (AvgIpc) is 2.48. The Morgan fingerprint density at radius 1 is 0.947 bits per heavy atom. The summed E-state index contributed by atoms with van der Waals surface area (Å²) in [5.41, 5.74) is 3.45. The topological polar surface area (TPSA) is 12.4 Å². The molecule has 0 radical (unpaired) electrons. The van der Waals surface area contributed by atoms with Gasteiger partial charge < -0.3 is 0 Å². The van der Waals surface area contributed by atoms with E-state index in [2.05, 4.69) is 55.5 Å². The maximum atomic E-state index is 4.84. The summed E-state index contributed by atoms with van der Waals surface area (Å²) >= 11 is 0. The van der Waals surface area contributed by atoms with Gasteiger partial charge in [-0.2, -0.15) is 0 Å². The van der Waals surface area contributed by atoms with Crippen LogP contribution in [-0.2, 0) is 0 Å². The first-order valence-electron chi connectivity index (χ1n) is 6.59. The summed E-state index contributed by atoms with van der Waals surface area (Å²) in [7, 11) is 0. The fraction of sp³-hybridized carbons (Fsp3) is 0.167. The fourth-order valence-electron chi connectivity index (χ4n) is 2.02. The molecule has 2 aromatic carbocycles. The lowest BCUT2D eigenvalue weighted by molar-refractivity contribution is 0.909. The van der Waals surface area contributed by atoms with E-state index in [0.717, 1.165) is 5.71 Å². The third kappa shape index (κ3) is 3.65. The van der Waals surface area contributed by atoms with Crippen molar-refractivity contribution in [2.45, 2.75) is 19.9 Å². The van der Waals surface area contributed by atoms with Gasteiger partial charge in [-0.3, -0.25) is 4.99 Å². The molecule has 0 saturated carbocycles. The Bertz CT molecular complexity index is 553. The molecular weight excluding hydrogens is 230 g/mol. The highest BCUT2D eigenvalue weighted by Gasteiger charge is 2.06. The highest BCUT2D eigenvalue weighted by atomic mass is 14.8. The smallest absolute Gasteiger partial charge is 0.0933 e. The van der Waals surface area contributed by atoms with Crippen LogP contribution in [0.5, 0.6) is 0 Å². The molecule has 19 heavy (non-hydrogen) atoms. The first-order valence-corrected chi connectivity index (χ1v) is 6.59. The minimum absolute atomic E-state index is 0.0893. The van der Waals surface area contributed by atoms with Gasteiger partial charge in [0.15, 0.2) is 0 Å². The molecule has 0 spiro atoms. The fourth-order valence-corrected chi connectivity index (χ4v) is 2.02. The van der Waals surface area contributed by atoms with Crippen LogP contribution in [0.25, 0.3) is 0 Å². The van der Waals surface area contributed by atoms with Crippen LogP contribution in [0.3, 0.4) is 0 Å². The molecule has 0 aliphatic rings. The summed E-state index contributed by atoms with van der Waals surface area (Å²) < 4.78 is 0. The normalized spacial score (nSPS) is 13.7. The number of rotatable bonds is 4. The average molecular weight is 249 g/mol. The molecule has 0 saturated heterocycles. The molecule has 96 valence electrons. The molecule has 1 unspecified atom stereocenters. The van der Waals surface area contributed by atoms with Crippen LogP contribution in [0.15, 0.2) is 77.8 Å². The van der Waals surface area contributed by atoms with E-state index in [1.807, 2.05) is 31.2 Å². The zero-order valence-electron chi connectivity index (χ0n) is 11.5. The van der Waals surface area contributed by atoms with Crippen LogP contribution < -0.4 is 0 Å². The SMILES string of the molecule is C/C=C/C(N=C(C)c1ccccc1)c1ccccc1. The van der Waals surface area contributed by atoms with Crippen molar-refractivity contribution >= 4 is 5.71 Å². The highest BCUT2D eigenvalue weighted by Crippen LogP contribution is 2.20. The summed E-state index contributed by atoms with van der Waals surface area (Å²) in [6.45, 7) is 4.10. The molecule has 0 heterocycles. The second kappa shape index (κ2) is 6.69. The van der Waals surface area contributed by atoms with Crippen LogP contribution in [0.4, 0.5) is 0 Å². The molecule has 1 atom stereocenters. The van der Waals surface area contributed by atoms with Gasteiger partial charge >= 0.3 is 0 Å². The van der Waals surface area contributed by atoms with Gasteiger partial charge in [-0.15, -0.1) is 0 Å². The second-order valence-corrected chi connectivity index (χ2v) is 4.46. The van der Waals surface area contributed by atoms with E-state index in [9.17, 15) is 0 Å². The standard InChI is InChI=1S/C18H19N/c1-3-10-18(17-13-8-5-9-14-17)19-15(2)16-11-6-4-7-12-16/h3-14,18H,1-2H3/b10-3+,19-15?. The van der Waals surface area contributed by atoms with E-state index in [0.29, 0.717) is 0 Å². The third-order valence-corrected chi connectivity index (χ3v) is 3.04. The minimum Gasteiger partial charge on any atom is -0.277 e. The van der Waals surface area contributed by atoms with E-state index in [-0.39, 0.29) is 6.04 Å². The number of hydrogen-bond acceptors (Lipinski definition) is 1. The largest absolute Gasteiger partial charge is 0.277 e. The third-order valence-electron chi connectivity index (χ3n) is 3.04. The predicted molar refractivity (Wildman–Crippen MR) is 82.7 cm³/mol. The van der Waals surface area contributed by atoms with Crippen molar-refractivity contribution < 1.29 is 0 Å². The molecule has 2 aromatic rings. The van der Waals surface area contributed by atoms with Crippen molar-refractivity contribution in [1.82, 2.24) is 0 Å². The van der Waals surface area contributed by atoms with Crippen LogP contribution in [0.1, 0.15) is 31.0 Å². The van der Waals surface area contributed by atoms with E-state index in [1.54, 1.807) is 0 Å². The molecule has 0 N–H and O–H groups in total. The molecule has 1 heteroatoms. The highest BCUT2D eigenvalue weighted by molar-refractivity contribution is 5.98. The molecule has 0 aliphatic carbocycles. The van der Waals surface area contributed by atoms with Gasteiger partial charge in [0, 0.05) is 5.71 Å². The summed E-state index contributed by atoms with van der Waals surface area (Å²) in [6, 6.07) is 20.8. The summed E-state index contributed by atoms with van der Waals surface area (Å²) in [5, 5.41) is 0. The van der Waals surface area contributed by atoms with Gasteiger partial charge in [0.2, 0.25) is 0 Å². The molecule has 0 aliphatic heterocycles. The Kier molecular flexibility index (Phi) is 4.68. The van der Waals surface area contributed by atoms with E-state index in [4.69, 9.17) is 4.99 Å². The Morgan fingerprint density at radius 2 is 1.53 bits per heavy atom. The number of aliphatic imine (C=N–C) groups is 1. The number of benzene rings is 2. The molecule has 0 amide bonds. The molecule has 0 aromatic heterocycles. The first-order chi connectivity index (χ1) is 9.31. The molecule has 1 nitrogen and oxygen atoms in total. The Morgan fingerprint density at radius 3 is 2.11 bits per heavy atom. The predicted octanol–water partition coefficient (Wildman–Crippen LogP) is 4.81. The van der Waals surface area contributed by atoms with Crippen LogP contribution in [0.2, 0.25) is 0 Å². The van der Waals surface area contributed by atoms with Gasteiger partial charge in [-0.1, -0.05) is 72.8 Å². The molecule has 2 rings (SSSR count). The molecule has 0 fully saturated rings. The van der Waals surface area contributed by atoms with Gasteiger partial charge in [-0.05, 0) is 25.0 Å². The molecule has 0 bridgehead atoms. The van der Waals surface area contributed by atoms with Crippen molar-refractivity contribution in [3.63, 3.8) is 0 Å². The van der Waals surface area contributed by atoms with E-state index < -0.39 is 0 Å². The number of allylic oxidation sites excluding steroid dienone is 1.